The molecule has 0 aliphatic heterocycles. The van der Waals surface area contributed by atoms with Gasteiger partial charge in [-0.1, -0.05) is 91.0 Å². The highest BCUT2D eigenvalue weighted by molar-refractivity contribution is 6.39. The van der Waals surface area contributed by atoms with Gasteiger partial charge in [0.2, 0.25) is 5.79 Å². The summed E-state index contributed by atoms with van der Waals surface area (Å²) in [6.45, 7) is 0. The smallest absolute Gasteiger partial charge is 0.223 e. The first-order valence-corrected chi connectivity index (χ1v) is 13.2. The van der Waals surface area contributed by atoms with Crippen molar-refractivity contribution in [2.75, 3.05) is 14.2 Å². The van der Waals surface area contributed by atoms with E-state index >= 15 is 0 Å². The van der Waals surface area contributed by atoms with Crippen molar-refractivity contribution in [2.24, 2.45) is 0 Å². The van der Waals surface area contributed by atoms with Crippen molar-refractivity contribution in [2.45, 2.75) is 5.79 Å². The van der Waals surface area contributed by atoms with Crippen LogP contribution < -0.4 is 0 Å². The van der Waals surface area contributed by atoms with Gasteiger partial charge in [-0.25, -0.2) is 0 Å². The number of benzene rings is 7. The third kappa shape index (κ3) is 2.32. The first kappa shape index (κ1) is 21.4. The predicted molar refractivity (Wildman–Crippen MR) is 157 cm³/mol. The molecule has 0 aromatic heterocycles. The molecule has 0 saturated carbocycles. The van der Waals surface area contributed by atoms with Crippen LogP contribution in [0.5, 0.6) is 0 Å². The average molecular weight is 503 g/mol. The van der Waals surface area contributed by atoms with Crippen LogP contribution in [0.2, 0.25) is 0 Å². The summed E-state index contributed by atoms with van der Waals surface area (Å²) in [6, 6.07) is 33.8. The number of ether oxygens (including phenoxy) is 2. The zero-order valence-electron chi connectivity index (χ0n) is 21.5. The molecule has 0 amide bonds. The Bertz CT molecular complexity index is 2200. The minimum absolute atomic E-state index is 0.0967. The molecule has 0 spiro atoms. The predicted octanol–water partition coefficient (Wildman–Crippen LogP) is 8.42. The van der Waals surface area contributed by atoms with Crippen molar-refractivity contribution in [1.29, 1.82) is 0 Å². The highest BCUT2D eigenvalue weighted by atomic mass is 16.7. The van der Waals surface area contributed by atoms with Crippen LogP contribution in [0.4, 0.5) is 0 Å². The molecule has 3 nitrogen and oxygen atoms in total. The van der Waals surface area contributed by atoms with Crippen LogP contribution >= 0.6 is 0 Å². The van der Waals surface area contributed by atoms with Gasteiger partial charge < -0.3 is 9.47 Å². The Kier molecular flexibility index (Phi) is 3.88. The second-order valence-electron chi connectivity index (χ2n) is 10.6. The van der Waals surface area contributed by atoms with Gasteiger partial charge in [0.25, 0.3) is 0 Å². The first-order valence-electron chi connectivity index (χ1n) is 13.2. The van der Waals surface area contributed by atoms with E-state index in [9.17, 15) is 4.79 Å². The Hall–Kier alpha value is -4.57. The summed E-state index contributed by atoms with van der Waals surface area (Å²) in [5.41, 5.74) is 8.03. The summed E-state index contributed by atoms with van der Waals surface area (Å²) < 4.78 is 12.4. The highest BCUT2D eigenvalue weighted by Gasteiger charge is 2.42. The van der Waals surface area contributed by atoms with Crippen LogP contribution in [0.25, 0.3) is 65.3 Å². The number of ketones is 1. The second kappa shape index (κ2) is 7.09. The Morgan fingerprint density at radius 2 is 0.949 bits per heavy atom. The third-order valence-electron chi connectivity index (χ3n) is 9.11. The zero-order chi connectivity index (χ0) is 26.0. The lowest BCUT2D eigenvalue weighted by molar-refractivity contribution is -0.182. The molecule has 0 unspecified atom stereocenters. The van der Waals surface area contributed by atoms with Gasteiger partial charge >= 0.3 is 0 Å². The molecule has 0 atom stereocenters. The number of rotatable bonds is 2. The number of hydrogen-bond acceptors (Lipinski definition) is 3. The van der Waals surface area contributed by atoms with Crippen LogP contribution in [0.15, 0.2) is 97.1 Å². The number of carbonyl (C=O) groups is 1. The van der Waals surface area contributed by atoms with Crippen LogP contribution in [-0.4, -0.2) is 20.0 Å². The minimum atomic E-state index is -0.999. The molecular weight excluding hydrogens is 480 g/mol. The van der Waals surface area contributed by atoms with E-state index in [1.807, 2.05) is 30.3 Å². The fourth-order valence-corrected chi connectivity index (χ4v) is 7.54. The van der Waals surface area contributed by atoms with E-state index in [0.717, 1.165) is 65.9 Å². The van der Waals surface area contributed by atoms with Gasteiger partial charge in [0.05, 0.1) is 0 Å². The molecule has 184 valence electrons. The van der Waals surface area contributed by atoms with E-state index in [2.05, 4.69) is 66.7 Å². The summed E-state index contributed by atoms with van der Waals surface area (Å²) in [6.07, 6.45) is 0. The summed E-state index contributed by atoms with van der Waals surface area (Å²) in [7, 11) is 3.43. The first-order chi connectivity index (χ1) is 19.2. The van der Waals surface area contributed by atoms with Gasteiger partial charge in [-0.05, 0) is 66.0 Å². The maximum Gasteiger partial charge on any atom is 0.223 e. The van der Waals surface area contributed by atoms with Gasteiger partial charge in [0, 0.05) is 41.9 Å². The topological polar surface area (TPSA) is 35.5 Å². The molecule has 0 heterocycles. The van der Waals surface area contributed by atoms with E-state index in [-0.39, 0.29) is 5.78 Å². The maximum atomic E-state index is 13.6. The number of carbonyl (C=O) groups excluding carboxylic acids is 1. The lowest BCUT2D eigenvalue weighted by atomic mass is 9.75. The van der Waals surface area contributed by atoms with Crippen molar-refractivity contribution >= 4 is 48.9 Å². The summed E-state index contributed by atoms with van der Waals surface area (Å²) in [4.78, 5) is 13.6. The standard InChI is InChI=1S/C36H22O3/c1-38-36(39-2)29-10-6-5-8-20(29)22-12-14-25-23-13-11-21-19-7-3-4-9-27(19)35(37)28-16-15-24(31(23)33(21)28)26-17-18-30(36)34(22)32(25)26/h3-18H,1-2H3. The van der Waals surface area contributed by atoms with E-state index in [1.165, 1.54) is 21.7 Å². The second-order valence-corrected chi connectivity index (χ2v) is 10.6. The molecule has 7 aromatic rings. The van der Waals surface area contributed by atoms with Crippen molar-refractivity contribution in [3.8, 4) is 22.3 Å². The molecule has 0 N–H and O–H groups in total. The molecule has 0 saturated heterocycles. The minimum Gasteiger partial charge on any atom is -0.346 e. The fraction of sp³-hybridized carbons (Fsp3) is 0.0833. The Morgan fingerprint density at radius 1 is 0.436 bits per heavy atom. The summed E-state index contributed by atoms with van der Waals surface area (Å²) in [5, 5.41) is 9.25. The van der Waals surface area contributed by atoms with Gasteiger partial charge in [-0.15, -0.1) is 0 Å². The zero-order valence-corrected chi connectivity index (χ0v) is 21.5. The van der Waals surface area contributed by atoms with Crippen molar-refractivity contribution < 1.29 is 14.3 Å². The molecule has 2 aliphatic carbocycles. The van der Waals surface area contributed by atoms with Crippen molar-refractivity contribution in [3.63, 3.8) is 0 Å². The lowest BCUT2D eigenvalue weighted by Crippen LogP contribution is -2.35. The Balaban J connectivity index is 1.51. The molecular formula is C36H22O3. The van der Waals surface area contributed by atoms with Crippen molar-refractivity contribution in [3.05, 3.63) is 119 Å². The SMILES string of the molecule is COC1(OC)c2ccccc2-c2ccc3c4ccc5c6c(ccc(c7ccc1c2c37)c64)C(=O)c1ccccc1-5. The molecule has 0 fully saturated rings. The molecule has 39 heavy (non-hydrogen) atoms. The molecule has 2 aliphatic rings. The maximum absolute atomic E-state index is 13.6. The number of fused-ring (bicyclic) bond motifs is 6. The van der Waals surface area contributed by atoms with Crippen LogP contribution in [0, 0.1) is 0 Å². The van der Waals surface area contributed by atoms with Gasteiger partial charge in [0.15, 0.2) is 5.78 Å². The largest absolute Gasteiger partial charge is 0.346 e. The van der Waals surface area contributed by atoms with Crippen molar-refractivity contribution in [1.82, 2.24) is 0 Å². The Labute approximate surface area is 224 Å². The monoisotopic (exact) mass is 502 g/mol. The van der Waals surface area contributed by atoms with E-state index in [4.69, 9.17) is 9.47 Å². The summed E-state index contributed by atoms with van der Waals surface area (Å²) in [5.74, 6) is -0.902. The highest BCUT2D eigenvalue weighted by Crippen LogP contribution is 2.54. The van der Waals surface area contributed by atoms with Gasteiger partial charge in [-0.2, -0.15) is 0 Å². The average Bonchev–Trinajstić information content (AvgIpc) is 3.00. The summed E-state index contributed by atoms with van der Waals surface area (Å²) >= 11 is 0. The fourth-order valence-electron chi connectivity index (χ4n) is 7.54. The lowest BCUT2D eigenvalue weighted by Gasteiger charge is -2.38. The van der Waals surface area contributed by atoms with E-state index in [0.29, 0.717) is 0 Å². The van der Waals surface area contributed by atoms with Gasteiger partial charge in [-0.3, -0.25) is 4.79 Å². The Morgan fingerprint density at radius 3 is 1.62 bits per heavy atom. The number of hydrogen-bond donors (Lipinski definition) is 0. The van der Waals surface area contributed by atoms with Crippen LogP contribution in [-0.2, 0) is 15.3 Å². The van der Waals surface area contributed by atoms with E-state index in [1.54, 1.807) is 14.2 Å². The molecule has 3 heteroatoms. The number of methoxy groups -OCH3 is 2. The molecule has 7 aromatic carbocycles. The molecule has 9 rings (SSSR count). The quantitative estimate of drug-likeness (QED) is 0.135. The third-order valence-corrected chi connectivity index (χ3v) is 9.11. The molecule has 0 bridgehead atoms. The van der Waals surface area contributed by atoms with Crippen LogP contribution in [0.1, 0.15) is 27.0 Å². The van der Waals surface area contributed by atoms with Gasteiger partial charge in [0.1, 0.15) is 0 Å². The van der Waals surface area contributed by atoms with Crippen LogP contribution in [0.3, 0.4) is 0 Å². The molecule has 0 radical (unpaired) electrons. The van der Waals surface area contributed by atoms with E-state index < -0.39 is 5.79 Å². The normalized spacial score (nSPS) is 14.9.